The number of rotatable bonds is 3. The first-order valence-electron chi connectivity index (χ1n) is 6.10. The molecule has 0 saturated carbocycles. The van der Waals surface area contributed by atoms with E-state index in [1.807, 2.05) is 6.92 Å². The Balaban J connectivity index is 2.77. The van der Waals surface area contributed by atoms with Crippen LogP contribution in [-0.2, 0) is 11.4 Å². The molecule has 0 aliphatic rings. The Kier molecular flexibility index (Phi) is 3.71. The summed E-state index contributed by atoms with van der Waals surface area (Å²) < 4.78 is 1.73. The molecule has 0 aliphatic carbocycles. The van der Waals surface area contributed by atoms with Gasteiger partial charge in [0.05, 0.1) is 24.4 Å². The Morgan fingerprint density at radius 1 is 1.55 bits per heavy atom. The number of anilines is 1. The molecule has 7 heteroatoms. The summed E-state index contributed by atoms with van der Waals surface area (Å²) in [6.07, 6.45) is 2.97. The number of aryl methyl sites for hydroxylation is 1. The largest absolute Gasteiger partial charge is 0.397 e. The minimum absolute atomic E-state index is 0.0242. The zero-order valence-corrected chi connectivity index (χ0v) is 11.6. The number of carbonyl (C=O) groups is 1. The minimum Gasteiger partial charge on any atom is -0.397 e. The fourth-order valence-corrected chi connectivity index (χ4v) is 1.94. The maximum absolute atomic E-state index is 12.4. The third-order valence-electron chi connectivity index (χ3n) is 3.07. The van der Waals surface area contributed by atoms with Crippen LogP contribution in [0.3, 0.4) is 0 Å². The van der Waals surface area contributed by atoms with Crippen molar-refractivity contribution in [3.63, 3.8) is 0 Å². The van der Waals surface area contributed by atoms with E-state index in [9.17, 15) is 9.59 Å². The van der Waals surface area contributed by atoms with Gasteiger partial charge < -0.3 is 10.3 Å². The number of amides is 1. The molecular formula is C13H16N4O3. The monoisotopic (exact) mass is 276 g/mol. The maximum atomic E-state index is 12.4. The van der Waals surface area contributed by atoms with Crippen LogP contribution < -0.4 is 11.2 Å². The number of hydroxylamine groups is 2. The number of hydrogen-bond donors (Lipinski definition) is 1. The molecule has 0 bridgehead atoms. The van der Waals surface area contributed by atoms with Crippen molar-refractivity contribution in [3.05, 3.63) is 34.2 Å². The van der Waals surface area contributed by atoms with Crippen LogP contribution in [0.15, 0.2) is 23.3 Å². The first kappa shape index (κ1) is 14.0. The second-order valence-corrected chi connectivity index (χ2v) is 4.28. The first-order valence-corrected chi connectivity index (χ1v) is 6.10. The van der Waals surface area contributed by atoms with E-state index in [0.29, 0.717) is 23.3 Å². The summed E-state index contributed by atoms with van der Waals surface area (Å²) >= 11 is 0. The quantitative estimate of drug-likeness (QED) is 0.830. The van der Waals surface area contributed by atoms with Crippen molar-refractivity contribution >= 4 is 22.6 Å². The predicted octanol–water partition coefficient (Wildman–Crippen LogP) is 0.632. The number of pyridine rings is 2. The van der Waals surface area contributed by atoms with Gasteiger partial charge >= 0.3 is 0 Å². The van der Waals surface area contributed by atoms with Crippen molar-refractivity contribution < 1.29 is 9.63 Å². The summed E-state index contributed by atoms with van der Waals surface area (Å²) in [6, 6.07) is 1.53. The van der Waals surface area contributed by atoms with Crippen molar-refractivity contribution in [3.8, 4) is 0 Å². The SMILES string of the molecule is CCn1cc(C(=O)N(C)OC)c(=O)c2cc(N)cnc21. The van der Waals surface area contributed by atoms with Gasteiger partial charge in [-0.3, -0.25) is 14.4 Å². The van der Waals surface area contributed by atoms with Crippen molar-refractivity contribution in [2.75, 3.05) is 19.9 Å². The highest BCUT2D eigenvalue weighted by molar-refractivity contribution is 5.96. The second kappa shape index (κ2) is 5.30. The number of nitrogen functional groups attached to an aromatic ring is 1. The molecule has 2 N–H and O–H groups in total. The Morgan fingerprint density at radius 2 is 2.25 bits per heavy atom. The van der Waals surface area contributed by atoms with Crippen molar-refractivity contribution in [1.29, 1.82) is 0 Å². The Bertz CT molecular complexity index is 723. The summed E-state index contributed by atoms with van der Waals surface area (Å²) in [5.41, 5.74) is 6.17. The molecule has 2 aromatic rings. The van der Waals surface area contributed by atoms with Crippen LogP contribution in [-0.4, -0.2) is 34.7 Å². The summed E-state index contributed by atoms with van der Waals surface area (Å²) in [6.45, 7) is 2.47. The van der Waals surface area contributed by atoms with Crippen molar-refractivity contribution in [1.82, 2.24) is 14.6 Å². The van der Waals surface area contributed by atoms with E-state index < -0.39 is 11.3 Å². The van der Waals surface area contributed by atoms with E-state index in [4.69, 9.17) is 10.6 Å². The average Bonchev–Trinajstić information content (AvgIpc) is 2.46. The molecule has 0 unspecified atom stereocenters. The molecule has 0 aromatic carbocycles. The van der Waals surface area contributed by atoms with Gasteiger partial charge in [-0.15, -0.1) is 0 Å². The molecule has 0 radical (unpaired) electrons. The summed E-state index contributed by atoms with van der Waals surface area (Å²) in [5, 5.41) is 1.32. The zero-order chi connectivity index (χ0) is 14.9. The number of fused-ring (bicyclic) bond motifs is 1. The van der Waals surface area contributed by atoms with Gasteiger partial charge in [-0.1, -0.05) is 0 Å². The maximum Gasteiger partial charge on any atom is 0.282 e. The summed E-state index contributed by atoms with van der Waals surface area (Å²) in [5.74, 6) is -0.510. The molecule has 0 spiro atoms. The van der Waals surface area contributed by atoms with E-state index in [0.717, 1.165) is 5.06 Å². The molecule has 2 heterocycles. The summed E-state index contributed by atoms with van der Waals surface area (Å²) in [4.78, 5) is 33.5. The van der Waals surface area contributed by atoms with Gasteiger partial charge in [0.2, 0.25) is 5.43 Å². The molecule has 7 nitrogen and oxygen atoms in total. The Hall–Kier alpha value is -2.41. The molecular weight excluding hydrogens is 260 g/mol. The van der Waals surface area contributed by atoms with Crippen LogP contribution in [0.25, 0.3) is 11.0 Å². The number of aromatic nitrogens is 2. The molecule has 0 aliphatic heterocycles. The van der Waals surface area contributed by atoms with Gasteiger partial charge in [-0.25, -0.2) is 10.0 Å². The van der Waals surface area contributed by atoms with E-state index in [1.165, 1.54) is 32.6 Å². The average molecular weight is 276 g/mol. The molecule has 1 amide bonds. The predicted molar refractivity (Wildman–Crippen MR) is 75.2 cm³/mol. The highest BCUT2D eigenvalue weighted by Gasteiger charge is 2.19. The lowest BCUT2D eigenvalue weighted by Crippen LogP contribution is -2.31. The molecule has 0 saturated heterocycles. The smallest absolute Gasteiger partial charge is 0.282 e. The number of carbonyl (C=O) groups excluding carboxylic acids is 1. The highest BCUT2D eigenvalue weighted by atomic mass is 16.7. The third kappa shape index (κ3) is 2.23. The highest BCUT2D eigenvalue weighted by Crippen LogP contribution is 2.13. The van der Waals surface area contributed by atoms with Gasteiger partial charge in [-0.2, -0.15) is 0 Å². The first-order chi connectivity index (χ1) is 9.49. The normalized spacial score (nSPS) is 10.8. The van der Waals surface area contributed by atoms with Crippen LogP contribution in [0, 0.1) is 0 Å². The van der Waals surface area contributed by atoms with Crippen molar-refractivity contribution in [2.24, 2.45) is 0 Å². The van der Waals surface area contributed by atoms with Gasteiger partial charge in [0.1, 0.15) is 11.2 Å². The second-order valence-electron chi connectivity index (χ2n) is 4.28. The van der Waals surface area contributed by atoms with Crippen LogP contribution in [0.1, 0.15) is 17.3 Å². The topological polar surface area (TPSA) is 90.5 Å². The molecule has 20 heavy (non-hydrogen) atoms. The number of hydrogen-bond acceptors (Lipinski definition) is 5. The fraction of sp³-hybridized carbons (Fsp3) is 0.308. The Morgan fingerprint density at radius 3 is 2.85 bits per heavy atom. The van der Waals surface area contributed by atoms with Gasteiger partial charge in [0.15, 0.2) is 0 Å². The zero-order valence-electron chi connectivity index (χ0n) is 11.6. The molecule has 106 valence electrons. The Labute approximate surface area is 115 Å². The van der Waals surface area contributed by atoms with Crippen LogP contribution >= 0.6 is 0 Å². The summed E-state index contributed by atoms with van der Waals surface area (Å²) in [7, 11) is 2.80. The lowest BCUT2D eigenvalue weighted by Gasteiger charge is -2.15. The van der Waals surface area contributed by atoms with Gasteiger partial charge in [0.25, 0.3) is 5.91 Å². The van der Waals surface area contributed by atoms with E-state index in [1.54, 1.807) is 4.57 Å². The van der Waals surface area contributed by atoms with E-state index in [2.05, 4.69) is 4.98 Å². The van der Waals surface area contributed by atoms with Crippen LogP contribution in [0.4, 0.5) is 5.69 Å². The van der Waals surface area contributed by atoms with Gasteiger partial charge in [0, 0.05) is 19.8 Å². The molecule has 0 atom stereocenters. The molecule has 2 rings (SSSR count). The number of nitrogens with two attached hydrogens (primary N) is 1. The standard InChI is InChI=1S/C13H16N4O3/c1-4-17-7-10(13(19)16(2)20-3)11(18)9-5-8(14)6-15-12(9)17/h5-7H,4,14H2,1-3H3. The van der Waals surface area contributed by atoms with Crippen LogP contribution in [0.5, 0.6) is 0 Å². The lowest BCUT2D eigenvalue weighted by molar-refractivity contribution is -0.0758. The lowest BCUT2D eigenvalue weighted by atomic mass is 10.1. The fourth-order valence-electron chi connectivity index (χ4n) is 1.94. The van der Waals surface area contributed by atoms with E-state index in [-0.39, 0.29) is 5.56 Å². The number of nitrogens with zero attached hydrogens (tertiary/aromatic N) is 3. The minimum atomic E-state index is -0.510. The van der Waals surface area contributed by atoms with Gasteiger partial charge in [-0.05, 0) is 13.0 Å². The van der Waals surface area contributed by atoms with Crippen molar-refractivity contribution in [2.45, 2.75) is 13.5 Å². The molecule has 2 aromatic heterocycles. The molecule has 0 fully saturated rings. The van der Waals surface area contributed by atoms with E-state index >= 15 is 0 Å². The van der Waals surface area contributed by atoms with Crippen LogP contribution in [0.2, 0.25) is 0 Å². The third-order valence-corrected chi connectivity index (χ3v) is 3.07.